The number of aromatic nitrogens is 3. The molecule has 0 bridgehead atoms. The molecule has 1 aromatic heterocycles. The number of benzene rings is 2. The third-order valence-electron chi connectivity index (χ3n) is 4.46. The second-order valence-electron chi connectivity index (χ2n) is 6.30. The van der Waals surface area contributed by atoms with Gasteiger partial charge in [0, 0.05) is 32.1 Å². The molecule has 0 amide bonds. The van der Waals surface area contributed by atoms with E-state index >= 15 is 0 Å². The summed E-state index contributed by atoms with van der Waals surface area (Å²) in [6, 6.07) is 8.71. The fourth-order valence-corrected chi connectivity index (χ4v) is 4.14. The molecular formula is C18H10BrCl2F3N4O. The molecule has 4 rings (SSSR count). The molecule has 0 spiro atoms. The number of alkyl halides is 3. The van der Waals surface area contributed by atoms with Gasteiger partial charge in [-0.05, 0) is 46.3 Å². The smallest absolute Gasteiger partial charge is 0.374 e. The number of hydrogen-bond donors (Lipinski definition) is 0. The Morgan fingerprint density at radius 2 is 1.83 bits per heavy atom. The molecule has 0 aliphatic carbocycles. The number of hydrogen-bond acceptors (Lipinski definition) is 4. The molecule has 0 N–H and O–H groups in total. The van der Waals surface area contributed by atoms with E-state index in [4.69, 9.17) is 28.0 Å². The standard InChI is InChI=1S/C18H10BrCl2F3N4O/c19-14-3-10(1-2-16(14)28-9-25-8-26-28)15-7-17(29-27-15,18(22,23)24)11-4-12(20)6-13(21)5-11/h1-6,8-9H,7H2. The van der Waals surface area contributed by atoms with Crippen LogP contribution in [0.15, 0.2) is 58.7 Å². The average Bonchev–Trinajstić information content (AvgIpc) is 3.31. The lowest BCUT2D eigenvalue weighted by molar-refractivity contribution is -0.275. The summed E-state index contributed by atoms with van der Waals surface area (Å²) in [5.41, 5.74) is -1.59. The minimum atomic E-state index is -4.75. The van der Waals surface area contributed by atoms with E-state index < -0.39 is 18.2 Å². The van der Waals surface area contributed by atoms with Crippen molar-refractivity contribution in [3.05, 3.63) is 74.7 Å². The van der Waals surface area contributed by atoms with Gasteiger partial charge in [0.15, 0.2) is 0 Å². The highest BCUT2D eigenvalue weighted by Crippen LogP contribution is 2.49. The third kappa shape index (κ3) is 3.62. The molecule has 1 aliphatic rings. The average molecular weight is 506 g/mol. The van der Waals surface area contributed by atoms with E-state index in [-0.39, 0.29) is 21.3 Å². The van der Waals surface area contributed by atoms with Gasteiger partial charge >= 0.3 is 6.18 Å². The van der Waals surface area contributed by atoms with E-state index in [1.54, 1.807) is 18.2 Å². The Kier molecular flexibility index (Phi) is 5.08. The summed E-state index contributed by atoms with van der Waals surface area (Å²) in [5, 5.41) is 7.94. The normalized spacial score (nSPS) is 19.2. The molecule has 150 valence electrons. The maximum Gasteiger partial charge on any atom is 0.435 e. The maximum atomic E-state index is 14.1. The van der Waals surface area contributed by atoms with Crippen LogP contribution in [0.1, 0.15) is 17.5 Å². The Balaban J connectivity index is 1.71. The molecule has 11 heteroatoms. The van der Waals surface area contributed by atoms with Crippen molar-refractivity contribution < 1.29 is 18.0 Å². The summed E-state index contributed by atoms with van der Waals surface area (Å²) < 4.78 is 44.3. The fourth-order valence-electron chi connectivity index (χ4n) is 3.05. The zero-order valence-corrected chi connectivity index (χ0v) is 17.4. The lowest BCUT2D eigenvalue weighted by atomic mass is 9.86. The number of oxime groups is 1. The summed E-state index contributed by atoms with van der Waals surface area (Å²) in [7, 11) is 0. The lowest BCUT2D eigenvalue weighted by Gasteiger charge is -2.29. The number of nitrogens with zero attached hydrogens (tertiary/aromatic N) is 4. The van der Waals surface area contributed by atoms with E-state index in [1.165, 1.54) is 35.5 Å². The van der Waals surface area contributed by atoms with Gasteiger partial charge in [-0.3, -0.25) is 0 Å². The van der Waals surface area contributed by atoms with Gasteiger partial charge in [-0.25, -0.2) is 9.67 Å². The first-order chi connectivity index (χ1) is 13.7. The molecule has 0 fully saturated rings. The second kappa shape index (κ2) is 7.30. The first-order valence-electron chi connectivity index (χ1n) is 8.13. The van der Waals surface area contributed by atoms with Crippen molar-refractivity contribution in [3.8, 4) is 5.69 Å². The molecule has 3 aromatic rings. The maximum absolute atomic E-state index is 14.1. The predicted molar refractivity (Wildman–Crippen MR) is 105 cm³/mol. The van der Waals surface area contributed by atoms with Gasteiger partial charge in [0.25, 0.3) is 5.60 Å². The summed E-state index contributed by atoms with van der Waals surface area (Å²) in [6.07, 6.45) is -2.39. The SMILES string of the molecule is FC(F)(F)C1(c2cc(Cl)cc(Cl)c2)CC(c2ccc(-n3cncn3)c(Br)c2)=NO1. The molecule has 2 aromatic carbocycles. The summed E-state index contributed by atoms with van der Waals surface area (Å²) in [4.78, 5) is 8.89. The molecule has 0 saturated heterocycles. The molecule has 1 unspecified atom stereocenters. The molecule has 29 heavy (non-hydrogen) atoms. The minimum absolute atomic E-state index is 0.0769. The zero-order valence-electron chi connectivity index (χ0n) is 14.3. The first kappa shape index (κ1) is 20.2. The highest BCUT2D eigenvalue weighted by atomic mass is 79.9. The summed E-state index contributed by atoms with van der Waals surface area (Å²) >= 11 is 15.2. The largest absolute Gasteiger partial charge is 0.435 e. The topological polar surface area (TPSA) is 52.3 Å². The van der Waals surface area contributed by atoms with Gasteiger partial charge in [0.1, 0.15) is 12.7 Å². The van der Waals surface area contributed by atoms with Crippen molar-refractivity contribution in [2.45, 2.75) is 18.2 Å². The number of rotatable bonds is 3. The molecule has 0 radical (unpaired) electrons. The van der Waals surface area contributed by atoms with E-state index in [9.17, 15) is 13.2 Å². The van der Waals surface area contributed by atoms with Gasteiger partial charge in [0.2, 0.25) is 0 Å². The zero-order chi connectivity index (χ0) is 20.8. The predicted octanol–water partition coefficient (Wildman–Crippen LogP) is 5.92. The minimum Gasteiger partial charge on any atom is -0.374 e. The molecule has 5 nitrogen and oxygen atoms in total. The third-order valence-corrected chi connectivity index (χ3v) is 5.53. The van der Waals surface area contributed by atoms with Crippen LogP contribution in [0.4, 0.5) is 13.2 Å². The van der Waals surface area contributed by atoms with Crippen LogP contribution >= 0.6 is 39.1 Å². The van der Waals surface area contributed by atoms with Gasteiger partial charge in [-0.2, -0.15) is 18.3 Å². The Bertz CT molecular complexity index is 1080. The highest BCUT2D eigenvalue weighted by Gasteiger charge is 2.62. The lowest BCUT2D eigenvalue weighted by Crippen LogP contribution is -2.42. The molecule has 1 aliphatic heterocycles. The van der Waals surface area contributed by atoms with Crippen molar-refractivity contribution >= 4 is 44.8 Å². The Morgan fingerprint density at radius 3 is 2.41 bits per heavy atom. The van der Waals surface area contributed by atoms with E-state index in [1.807, 2.05) is 0 Å². The van der Waals surface area contributed by atoms with Crippen LogP contribution in [-0.4, -0.2) is 26.7 Å². The molecular weight excluding hydrogens is 496 g/mol. The van der Waals surface area contributed by atoms with E-state index in [0.29, 0.717) is 15.7 Å². The van der Waals surface area contributed by atoms with Gasteiger partial charge < -0.3 is 4.84 Å². The van der Waals surface area contributed by atoms with Crippen LogP contribution in [0.2, 0.25) is 10.0 Å². The van der Waals surface area contributed by atoms with E-state index in [0.717, 1.165) is 0 Å². The van der Waals surface area contributed by atoms with Crippen molar-refractivity contribution in [1.82, 2.24) is 14.8 Å². The fraction of sp³-hybridized carbons (Fsp3) is 0.167. The van der Waals surface area contributed by atoms with E-state index in [2.05, 4.69) is 31.2 Å². The quantitative estimate of drug-likeness (QED) is 0.444. The molecule has 2 heterocycles. The van der Waals surface area contributed by atoms with Gasteiger partial charge in [-0.1, -0.05) is 34.4 Å². The van der Waals surface area contributed by atoms with Crippen LogP contribution < -0.4 is 0 Å². The first-order valence-corrected chi connectivity index (χ1v) is 9.68. The molecule has 0 saturated carbocycles. The van der Waals surface area contributed by atoms with Crippen molar-refractivity contribution in [3.63, 3.8) is 0 Å². The Hall–Kier alpha value is -2.10. The van der Waals surface area contributed by atoms with Gasteiger partial charge in [0.05, 0.1) is 11.4 Å². The van der Waals surface area contributed by atoms with Crippen LogP contribution in [0.25, 0.3) is 5.69 Å². The van der Waals surface area contributed by atoms with Crippen molar-refractivity contribution in [2.75, 3.05) is 0 Å². The number of halogens is 6. The van der Waals surface area contributed by atoms with Crippen LogP contribution in [-0.2, 0) is 10.4 Å². The Morgan fingerprint density at radius 1 is 1.10 bits per heavy atom. The van der Waals surface area contributed by atoms with Crippen LogP contribution in [0.3, 0.4) is 0 Å². The highest BCUT2D eigenvalue weighted by molar-refractivity contribution is 9.10. The Labute approximate surface area is 181 Å². The van der Waals surface area contributed by atoms with Crippen molar-refractivity contribution in [1.29, 1.82) is 0 Å². The summed E-state index contributed by atoms with van der Waals surface area (Å²) in [6.45, 7) is 0. The second-order valence-corrected chi connectivity index (χ2v) is 8.02. The van der Waals surface area contributed by atoms with Gasteiger partial charge in [-0.15, -0.1) is 0 Å². The van der Waals surface area contributed by atoms with Crippen LogP contribution in [0, 0.1) is 0 Å². The van der Waals surface area contributed by atoms with Crippen molar-refractivity contribution in [2.24, 2.45) is 5.16 Å². The monoisotopic (exact) mass is 504 g/mol. The summed E-state index contributed by atoms with van der Waals surface area (Å²) in [5.74, 6) is 0. The van der Waals surface area contributed by atoms with Crippen LogP contribution in [0.5, 0.6) is 0 Å². The molecule has 1 atom stereocenters.